The van der Waals surface area contributed by atoms with Gasteiger partial charge >= 0.3 is 30.4 Å². The molecule has 0 aromatic heterocycles. The molecule has 40 heavy (non-hydrogen) atoms. The third kappa shape index (κ3) is 15.7. The fraction of sp³-hybridized carbons (Fsp3) is 1.00. The molecule has 22 heteroatoms. The summed E-state index contributed by atoms with van der Waals surface area (Å²) >= 11 is 0. The van der Waals surface area contributed by atoms with Crippen LogP contribution >= 0.6 is 30.4 Å². The smallest absolute Gasteiger partial charge is 0.324 e. The fourth-order valence-corrected chi connectivity index (χ4v) is 8.12. The molecular formula is C18H44N6O12P4. The maximum Gasteiger partial charge on any atom is 0.339 e. The molecule has 0 spiro atoms. The number of nitrogens with zero attached hydrogens (tertiary/aromatic N) is 6. The van der Waals surface area contributed by atoms with Crippen molar-refractivity contribution in [2.24, 2.45) is 0 Å². The quantitative estimate of drug-likeness (QED) is 0.115. The minimum atomic E-state index is -4.39. The molecule has 2 aliphatic heterocycles. The Labute approximate surface area is 234 Å². The van der Waals surface area contributed by atoms with Gasteiger partial charge in [0.1, 0.15) is 25.1 Å². The van der Waals surface area contributed by atoms with Crippen LogP contribution in [0.4, 0.5) is 0 Å². The lowest BCUT2D eigenvalue weighted by molar-refractivity contribution is 0.0409. The molecule has 2 fully saturated rings. The van der Waals surface area contributed by atoms with Crippen LogP contribution in [0.2, 0.25) is 0 Å². The maximum absolute atomic E-state index is 11.7. The Morgan fingerprint density at radius 2 is 0.600 bits per heavy atom. The molecule has 0 aromatic carbocycles. The monoisotopic (exact) mass is 660 g/mol. The summed E-state index contributed by atoms with van der Waals surface area (Å²) in [5, 5.41) is 0. The molecule has 18 nitrogen and oxygen atoms in total. The average molecular weight is 660 g/mol. The molecule has 2 aliphatic rings. The van der Waals surface area contributed by atoms with Crippen LogP contribution in [0, 0.1) is 0 Å². The Kier molecular flexibility index (Phi) is 14.1. The Morgan fingerprint density at radius 1 is 0.425 bits per heavy atom. The molecule has 0 saturated carbocycles. The van der Waals surface area contributed by atoms with Gasteiger partial charge in [-0.3, -0.25) is 47.7 Å². The summed E-state index contributed by atoms with van der Waals surface area (Å²) in [4.78, 5) is 86.4. The zero-order valence-electron chi connectivity index (χ0n) is 22.6. The largest absolute Gasteiger partial charge is 0.339 e. The van der Waals surface area contributed by atoms with Crippen molar-refractivity contribution in [1.82, 2.24) is 29.4 Å². The second kappa shape index (κ2) is 15.4. The van der Waals surface area contributed by atoms with Crippen molar-refractivity contribution < 1.29 is 57.4 Å². The highest BCUT2D eigenvalue weighted by Crippen LogP contribution is 2.38. The van der Waals surface area contributed by atoms with E-state index in [2.05, 4.69) is 0 Å². The van der Waals surface area contributed by atoms with Gasteiger partial charge in [-0.25, -0.2) is 0 Å². The highest BCUT2D eigenvalue weighted by molar-refractivity contribution is 7.52. The van der Waals surface area contributed by atoms with Crippen molar-refractivity contribution in [2.75, 3.05) is 104 Å². The van der Waals surface area contributed by atoms with Crippen LogP contribution in [0.1, 0.15) is 6.92 Å². The van der Waals surface area contributed by atoms with Crippen LogP contribution in [-0.2, 0) is 18.3 Å². The molecule has 0 amide bonds. The predicted molar refractivity (Wildman–Crippen MR) is 147 cm³/mol. The van der Waals surface area contributed by atoms with E-state index in [0.29, 0.717) is 26.2 Å². The van der Waals surface area contributed by atoms with Gasteiger partial charge in [0, 0.05) is 78.5 Å². The molecule has 0 bridgehead atoms. The van der Waals surface area contributed by atoms with E-state index in [1.54, 1.807) is 19.6 Å². The number of rotatable bonds is 10. The standard InChI is InChI=1S/C18H44N6O12P4/c1-18(23-10-6-19(14-37(25,26)27)2-3-20(7-11-23)15-38(28,29)30)24-12-8-21(16-39(31,32)33)4-5-22(9-13-24)17-40(34,35)36/h18H,2-17H2,1H3,(H2,25,26,27)(H2,28,29,30)(H2,31,32,33)(H2,34,35,36). The van der Waals surface area contributed by atoms with Gasteiger partial charge in [-0.1, -0.05) is 0 Å². The SMILES string of the molecule is CC(N1CCN(CP(=O)(O)O)CCN(CP(=O)(O)O)CC1)N1CCN(CP(=O)(O)O)CCN(CP(=O)(O)O)CC1. The van der Waals surface area contributed by atoms with E-state index in [4.69, 9.17) is 0 Å². The third-order valence-corrected chi connectivity index (χ3v) is 9.95. The molecule has 8 N–H and O–H groups in total. The summed E-state index contributed by atoms with van der Waals surface area (Å²) in [6, 6.07) is 0. The van der Waals surface area contributed by atoms with E-state index in [9.17, 15) is 57.4 Å². The lowest BCUT2D eigenvalue weighted by Gasteiger charge is -2.39. The first-order valence-corrected chi connectivity index (χ1v) is 19.9. The summed E-state index contributed by atoms with van der Waals surface area (Å²) < 4.78 is 46.8. The minimum absolute atomic E-state index is 0.200. The van der Waals surface area contributed by atoms with Crippen molar-refractivity contribution in [3.8, 4) is 0 Å². The van der Waals surface area contributed by atoms with Crippen LogP contribution in [0.15, 0.2) is 0 Å². The predicted octanol–water partition coefficient (Wildman–Crippen LogP) is -2.29. The Morgan fingerprint density at radius 3 is 0.775 bits per heavy atom. The second-order valence-electron chi connectivity index (χ2n) is 10.4. The second-order valence-corrected chi connectivity index (χ2v) is 16.8. The fourth-order valence-electron chi connectivity index (χ4n) is 4.90. The molecular weight excluding hydrogens is 616 g/mol. The molecule has 0 aromatic rings. The summed E-state index contributed by atoms with van der Waals surface area (Å²) in [6.45, 7) is 5.30. The average Bonchev–Trinajstić information content (AvgIpc) is 2.89. The molecule has 238 valence electrons. The summed E-state index contributed by atoms with van der Waals surface area (Å²) in [6.07, 6.45) is -2.33. The number of hydrogen-bond donors (Lipinski definition) is 8. The molecule has 0 unspecified atom stereocenters. The van der Waals surface area contributed by atoms with E-state index in [1.165, 1.54) is 0 Å². The summed E-state index contributed by atoms with van der Waals surface area (Å²) in [5.41, 5.74) is 0. The third-order valence-electron chi connectivity index (χ3n) is 6.87. The van der Waals surface area contributed by atoms with Gasteiger partial charge in [0.05, 0.1) is 6.17 Å². The van der Waals surface area contributed by atoms with Crippen LogP contribution in [-0.4, -0.2) is 178 Å². The van der Waals surface area contributed by atoms with Crippen molar-refractivity contribution >= 4 is 30.4 Å². The highest BCUT2D eigenvalue weighted by Gasteiger charge is 2.31. The van der Waals surface area contributed by atoms with Crippen molar-refractivity contribution in [2.45, 2.75) is 13.1 Å². The van der Waals surface area contributed by atoms with Crippen LogP contribution in [0.25, 0.3) is 0 Å². The van der Waals surface area contributed by atoms with Gasteiger partial charge in [-0.2, -0.15) is 0 Å². The first-order valence-electron chi connectivity index (χ1n) is 12.7. The molecule has 0 radical (unpaired) electrons. The van der Waals surface area contributed by atoms with Gasteiger partial charge in [0.15, 0.2) is 0 Å². The van der Waals surface area contributed by atoms with Gasteiger partial charge in [0.25, 0.3) is 0 Å². The van der Waals surface area contributed by atoms with Crippen molar-refractivity contribution in [3.05, 3.63) is 0 Å². The molecule has 2 rings (SSSR count). The van der Waals surface area contributed by atoms with Gasteiger partial charge in [-0.05, 0) is 6.92 Å². The van der Waals surface area contributed by atoms with Gasteiger partial charge in [0.2, 0.25) is 0 Å². The van der Waals surface area contributed by atoms with E-state index < -0.39 is 55.5 Å². The first-order chi connectivity index (χ1) is 18.2. The Hall–Kier alpha value is 0.360. The minimum Gasteiger partial charge on any atom is -0.324 e. The van der Waals surface area contributed by atoms with E-state index in [-0.39, 0.29) is 58.5 Å². The molecule has 2 saturated heterocycles. The van der Waals surface area contributed by atoms with E-state index in [1.807, 2.05) is 16.7 Å². The Bertz CT molecular complexity index is 840. The first kappa shape index (κ1) is 36.6. The zero-order valence-corrected chi connectivity index (χ0v) is 26.2. The lowest BCUT2D eigenvalue weighted by Crippen LogP contribution is -2.52. The normalized spacial score (nSPS) is 22.9. The summed E-state index contributed by atoms with van der Waals surface area (Å²) in [5.74, 6) is 0. The zero-order chi connectivity index (χ0) is 30.4. The molecule has 0 atom stereocenters. The molecule has 0 aliphatic carbocycles. The van der Waals surface area contributed by atoms with Gasteiger partial charge in [-0.15, -0.1) is 0 Å². The topological polar surface area (TPSA) is 250 Å². The summed E-state index contributed by atoms with van der Waals surface area (Å²) in [7, 11) is -17.6. The van der Waals surface area contributed by atoms with E-state index >= 15 is 0 Å². The van der Waals surface area contributed by atoms with Crippen LogP contribution in [0.5, 0.6) is 0 Å². The van der Waals surface area contributed by atoms with Crippen LogP contribution in [0.3, 0.4) is 0 Å². The van der Waals surface area contributed by atoms with Gasteiger partial charge < -0.3 is 39.1 Å². The van der Waals surface area contributed by atoms with Crippen molar-refractivity contribution in [3.63, 3.8) is 0 Å². The lowest BCUT2D eigenvalue weighted by atomic mass is 10.3. The van der Waals surface area contributed by atoms with Crippen molar-refractivity contribution in [1.29, 1.82) is 0 Å². The Balaban J connectivity index is 2.25. The van der Waals surface area contributed by atoms with E-state index in [0.717, 1.165) is 0 Å². The van der Waals surface area contributed by atoms with Crippen LogP contribution < -0.4 is 0 Å². The number of hydrogen-bond acceptors (Lipinski definition) is 10. The maximum atomic E-state index is 11.7. The molecule has 2 heterocycles. The highest BCUT2D eigenvalue weighted by atomic mass is 31.2.